The van der Waals surface area contributed by atoms with Crippen molar-refractivity contribution < 1.29 is 19.1 Å². The molecule has 2 aromatic carbocycles. The lowest BCUT2D eigenvalue weighted by Crippen LogP contribution is -2.56. The van der Waals surface area contributed by atoms with Crippen LogP contribution in [0.2, 0.25) is 0 Å². The molecule has 2 heterocycles. The van der Waals surface area contributed by atoms with Gasteiger partial charge in [0.2, 0.25) is 11.8 Å². The van der Waals surface area contributed by atoms with Gasteiger partial charge in [-0.2, -0.15) is 0 Å². The second-order valence-electron chi connectivity index (χ2n) is 8.00. The number of benzene rings is 2. The van der Waals surface area contributed by atoms with Crippen molar-refractivity contribution in [1.29, 1.82) is 0 Å². The van der Waals surface area contributed by atoms with Gasteiger partial charge in [0, 0.05) is 38.9 Å². The molecule has 4 rings (SSSR count). The third-order valence-electron chi connectivity index (χ3n) is 5.67. The smallest absolute Gasteiger partial charge is 0.237 e. The van der Waals surface area contributed by atoms with E-state index in [0.29, 0.717) is 32.8 Å². The second-order valence-corrected chi connectivity index (χ2v) is 8.00. The minimum absolute atomic E-state index is 0.0832. The SMILES string of the molecule is O=C(C[C@@H]1C(=O)NCCN1Cc1cccc(Oc2ccccc2)c1)NC1CCOCC1. The number of hydrogen-bond donors (Lipinski definition) is 2. The molecule has 7 nitrogen and oxygen atoms in total. The standard InChI is InChI=1S/C24H29N3O4/c28-23(26-19-9-13-30-14-10-19)16-22-24(29)25-11-12-27(22)17-18-5-4-8-21(15-18)31-20-6-2-1-3-7-20/h1-8,15,19,22H,9-14,16-17H2,(H,25,29)(H,26,28)/t22-/m1/s1. The van der Waals surface area contributed by atoms with Gasteiger partial charge in [0.05, 0.1) is 12.5 Å². The van der Waals surface area contributed by atoms with Gasteiger partial charge in [0.1, 0.15) is 11.5 Å². The Balaban J connectivity index is 1.39. The van der Waals surface area contributed by atoms with Gasteiger partial charge < -0.3 is 20.1 Å². The van der Waals surface area contributed by atoms with Crippen LogP contribution in [0.15, 0.2) is 54.6 Å². The summed E-state index contributed by atoms with van der Waals surface area (Å²) in [7, 11) is 0. The zero-order chi connectivity index (χ0) is 21.5. The summed E-state index contributed by atoms with van der Waals surface area (Å²) in [5.41, 5.74) is 1.04. The molecular formula is C24H29N3O4. The van der Waals surface area contributed by atoms with Crippen molar-refractivity contribution in [3.05, 3.63) is 60.2 Å². The topological polar surface area (TPSA) is 79.9 Å². The Kier molecular flexibility index (Phi) is 7.17. The molecule has 0 aliphatic carbocycles. The summed E-state index contributed by atoms with van der Waals surface area (Å²) in [6.07, 6.45) is 1.80. The van der Waals surface area contributed by atoms with E-state index in [1.54, 1.807) is 0 Å². The fourth-order valence-electron chi connectivity index (χ4n) is 4.04. The van der Waals surface area contributed by atoms with E-state index in [1.807, 2.05) is 54.6 Å². The number of amides is 2. The number of carbonyl (C=O) groups is 2. The fraction of sp³-hybridized carbons (Fsp3) is 0.417. The third-order valence-corrected chi connectivity index (χ3v) is 5.67. The Hall–Kier alpha value is -2.90. The van der Waals surface area contributed by atoms with Gasteiger partial charge in [0.15, 0.2) is 0 Å². The number of para-hydroxylation sites is 1. The van der Waals surface area contributed by atoms with Crippen LogP contribution in [-0.2, 0) is 20.9 Å². The Morgan fingerprint density at radius 3 is 2.68 bits per heavy atom. The monoisotopic (exact) mass is 423 g/mol. The summed E-state index contributed by atoms with van der Waals surface area (Å²) >= 11 is 0. The van der Waals surface area contributed by atoms with Crippen molar-refractivity contribution in [2.75, 3.05) is 26.3 Å². The first-order valence-corrected chi connectivity index (χ1v) is 10.9. The van der Waals surface area contributed by atoms with Gasteiger partial charge >= 0.3 is 0 Å². The maximum Gasteiger partial charge on any atom is 0.237 e. The van der Waals surface area contributed by atoms with Gasteiger partial charge in [-0.05, 0) is 42.7 Å². The molecule has 1 atom stereocenters. The van der Waals surface area contributed by atoms with E-state index in [0.717, 1.165) is 29.9 Å². The molecule has 164 valence electrons. The van der Waals surface area contributed by atoms with Crippen molar-refractivity contribution in [2.24, 2.45) is 0 Å². The van der Waals surface area contributed by atoms with Crippen molar-refractivity contribution >= 4 is 11.8 Å². The van der Waals surface area contributed by atoms with Crippen molar-refractivity contribution in [3.63, 3.8) is 0 Å². The van der Waals surface area contributed by atoms with Gasteiger partial charge in [-0.25, -0.2) is 0 Å². The van der Waals surface area contributed by atoms with E-state index in [9.17, 15) is 9.59 Å². The molecule has 0 radical (unpaired) electrons. The number of hydrogen-bond acceptors (Lipinski definition) is 5. The quantitative estimate of drug-likeness (QED) is 0.715. The first kappa shape index (κ1) is 21.3. The van der Waals surface area contributed by atoms with Crippen LogP contribution in [-0.4, -0.2) is 55.1 Å². The molecule has 2 amide bonds. The molecule has 2 saturated heterocycles. The number of rotatable bonds is 7. The maximum atomic E-state index is 12.6. The zero-order valence-electron chi connectivity index (χ0n) is 17.6. The molecule has 2 N–H and O–H groups in total. The largest absolute Gasteiger partial charge is 0.457 e. The van der Waals surface area contributed by atoms with Gasteiger partial charge in [0.25, 0.3) is 0 Å². The molecule has 2 aliphatic rings. The molecule has 2 aromatic rings. The van der Waals surface area contributed by atoms with Crippen molar-refractivity contribution in [3.8, 4) is 11.5 Å². The lowest BCUT2D eigenvalue weighted by molar-refractivity contribution is -0.134. The Bertz CT molecular complexity index is 883. The predicted molar refractivity (Wildman–Crippen MR) is 117 cm³/mol. The highest BCUT2D eigenvalue weighted by atomic mass is 16.5. The van der Waals surface area contributed by atoms with Crippen LogP contribution in [0.1, 0.15) is 24.8 Å². The van der Waals surface area contributed by atoms with Crippen LogP contribution in [0.4, 0.5) is 0 Å². The second kappa shape index (κ2) is 10.4. The summed E-state index contributed by atoms with van der Waals surface area (Å²) in [4.78, 5) is 27.2. The molecule has 0 saturated carbocycles. The average Bonchev–Trinajstić information content (AvgIpc) is 2.78. The molecule has 0 bridgehead atoms. The van der Waals surface area contributed by atoms with E-state index in [4.69, 9.17) is 9.47 Å². The summed E-state index contributed by atoms with van der Waals surface area (Å²) in [6.45, 7) is 3.20. The van der Waals surface area contributed by atoms with E-state index >= 15 is 0 Å². The normalized spacial score (nSPS) is 20.1. The van der Waals surface area contributed by atoms with E-state index in [1.165, 1.54) is 0 Å². The number of nitrogens with zero attached hydrogens (tertiary/aromatic N) is 1. The van der Waals surface area contributed by atoms with Crippen LogP contribution < -0.4 is 15.4 Å². The number of nitrogens with one attached hydrogen (secondary N) is 2. The minimum atomic E-state index is -0.479. The fourth-order valence-corrected chi connectivity index (χ4v) is 4.04. The minimum Gasteiger partial charge on any atom is -0.457 e. The molecule has 31 heavy (non-hydrogen) atoms. The number of ether oxygens (including phenoxy) is 2. The van der Waals surface area contributed by atoms with Crippen molar-refractivity contribution in [2.45, 2.75) is 37.9 Å². The molecule has 0 unspecified atom stereocenters. The highest BCUT2D eigenvalue weighted by Gasteiger charge is 2.32. The van der Waals surface area contributed by atoms with Crippen LogP contribution in [0.5, 0.6) is 11.5 Å². The van der Waals surface area contributed by atoms with E-state index in [2.05, 4.69) is 15.5 Å². The van der Waals surface area contributed by atoms with Gasteiger partial charge in [-0.15, -0.1) is 0 Å². The highest BCUT2D eigenvalue weighted by molar-refractivity contribution is 5.88. The number of piperazine rings is 1. The average molecular weight is 424 g/mol. The summed E-state index contributed by atoms with van der Waals surface area (Å²) < 4.78 is 11.3. The summed E-state index contributed by atoms with van der Waals surface area (Å²) in [5, 5.41) is 5.96. The lowest BCUT2D eigenvalue weighted by Gasteiger charge is -2.35. The van der Waals surface area contributed by atoms with Gasteiger partial charge in [-0.1, -0.05) is 30.3 Å². The zero-order valence-corrected chi connectivity index (χ0v) is 17.6. The molecule has 7 heteroatoms. The summed E-state index contributed by atoms with van der Waals surface area (Å²) in [6, 6.07) is 17.2. The van der Waals surface area contributed by atoms with Crippen LogP contribution in [0, 0.1) is 0 Å². The number of carbonyl (C=O) groups excluding carboxylic acids is 2. The Morgan fingerprint density at radius 1 is 1.10 bits per heavy atom. The highest BCUT2D eigenvalue weighted by Crippen LogP contribution is 2.23. The molecular weight excluding hydrogens is 394 g/mol. The third kappa shape index (κ3) is 6.06. The predicted octanol–water partition coefficient (Wildman–Crippen LogP) is 2.46. The van der Waals surface area contributed by atoms with E-state index in [-0.39, 0.29) is 24.3 Å². The van der Waals surface area contributed by atoms with Crippen LogP contribution in [0.3, 0.4) is 0 Å². The lowest BCUT2D eigenvalue weighted by atomic mass is 10.0. The van der Waals surface area contributed by atoms with Crippen LogP contribution in [0.25, 0.3) is 0 Å². The molecule has 0 aromatic heterocycles. The molecule has 0 spiro atoms. The van der Waals surface area contributed by atoms with Crippen molar-refractivity contribution in [1.82, 2.24) is 15.5 Å². The summed E-state index contributed by atoms with van der Waals surface area (Å²) in [5.74, 6) is 1.35. The molecule has 2 fully saturated rings. The first-order valence-electron chi connectivity index (χ1n) is 10.9. The Morgan fingerprint density at radius 2 is 1.87 bits per heavy atom. The maximum absolute atomic E-state index is 12.6. The van der Waals surface area contributed by atoms with Crippen LogP contribution >= 0.6 is 0 Å². The Labute approximate surface area is 182 Å². The first-order chi connectivity index (χ1) is 15.2. The van der Waals surface area contributed by atoms with E-state index < -0.39 is 6.04 Å². The molecule has 2 aliphatic heterocycles. The van der Waals surface area contributed by atoms with Gasteiger partial charge in [-0.3, -0.25) is 14.5 Å².